The van der Waals surface area contributed by atoms with Crippen LogP contribution in [0.15, 0.2) is 35.4 Å². The number of nitro groups is 1. The lowest BCUT2D eigenvalue weighted by Gasteiger charge is -2.27. The molecule has 1 N–H and O–H groups in total. The number of rotatable bonds is 7. The van der Waals surface area contributed by atoms with E-state index in [2.05, 4.69) is 35.3 Å². The average molecular weight is 424 g/mol. The van der Waals surface area contributed by atoms with Crippen LogP contribution in [0, 0.1) is 10.1 Å². The Bertz CT molecular complexity index is 969. The molecule has 1 aromatic carbocycles. The van der Waals surface area contributed by atoms with Gasteiger partial charge in [-0.2, -0.15) is 20.1 Å². The monoisotopic (exact) mass is 424 g/mol. The van der Waals surface area contributed by atoms with Crippen molar-refractivity contribution >= 4 is 35.8 Å². The summed E-state index contributed by atoms with van der Waals surface area (Å²) in [4.78, 5) is 28.6. The van der Waals surface area contributed by atoms with Gasteiger partial charge >= 0.3 is 0 Å². The molecule has 0 bridgehead atoms. The Morgan fingerprint density at radius 2 is 1.71 bits per heavy atom. The van der Waals surface area contributed by atoms with E-state index in [9.17, 15) is 10.1 Å². The number of para-hydroxylation sites is 1. The zero-order chi connectivity index (χ0) is 21.5. The predicted molar refractivity (Wildman–Crippen MR) is 119 cm³/mol. The van der Waals surface area contributed by atoms with Gasteiger partial charge in [-0.25, -0.2) is 5.43 Å². The fraction of sp³-hybridized carbons (Fsp3) is 0.400. The lowest BCUT2D eigenvalue weighted by Crippen LogP contribution is -2.38. The number of morpholine rings is 1. The summed E-state index contributed by atoms with van der Waals surface area (Å²) >= 11 is 0. The van der Waals surface area contributed by atoms with Crippen molar-refractivity contribution in [1.82, 2.24) is 15.0 Å². The van der Waals surface area contributed by atoms with Crippen molar-refractivity contribution in [3.05, 3.63) is 46.0 Å². The zero-order valence-corrected chi connectivity index (χ0v) is 17.1. The number of ether oxygens (including phenoxy) is 1. The van der Waals surface area contributed by atoms with Gasteiger partial charge in [0.1, 0.15) is 0 Å². The van der Waals surface area contributed by atoms with E-state index in [1.807, 2.05) is 0 Å². The van der Waals surface area contributed by atoms with E-state index in [-0.39, 0.29) is 5.69 Å². The third kappa shape index (κ3) is 5.31. The minimum absolute atomic E-state index is 0.0444. The molecule has 0 saturated carbocycles. The summed E-state index contributed by atoms with van der Waals surface area (Å²) in [6.07, 6.45) is 7.00. The van der Waals surface area contributed by atoms with Crippen molar-refractivity contribution in [3.63, 3.8) is 0 Å². The first-order chi connectivity index (χ1) is 15.2. The molecule has 11 nitrogen and oxygen atoms in total. The Morgan fingerprint density at radius 3 is 2.42 bits per heavy atom. The Labute approximate surface area is 179 Å². The smallest absolute Gasteiger partial charge is 0.276 e. The van der Waals surface area contributed by atoms with Crippen molar-refractivity contribution < 1.29 is 9.66 Å². The first-order valence-corrected chi connectivity index (χ1v) is 10.2. The molecule has 1 aromatic heterocycles. The second-order valence-corrected chi connectivity index (χ2v) is 7.12. The maximum Gasteiger partial charge on any atom is 0.276 e. The van der Waals surface area contributed by atoms with Crippen LogP contribution < -0.4 is 15.2 Å². The highest BCUT2D eigenvalue weighted by Gasteiger charge is 2.21. The molecule has 2 aromatic rings. The van der Waals surface area contributed by atoms with Crippen LogP contribution in [0.25, 0.3) is 6.08 Å². The van der Waals surface area contributed by atoms with E-state index in [1.165, 1.54) is 12.3 Å². The number of benzene rings is 1. The van der Waals surface area contributed by atoms with Crippen LogP contribution in [0.3, 0.4) is 0 Å². The minimum Gasteiger partial charge on any atom is -0.378 e. The van der Waals surface area contributed by atoms with Crippen LogP contribution in [0.5, 0.6) is 0 Å². The molecule has 2 aliphatic heterocycles. The molecule has 0 amide bonds. The van der Waals surface area contributed by atoms with Gasteiger partial charge in [0.05, 0.1) is 23.7 Å². The third-order valence-corrected chi connectivity index (χ3v) is 5.03. The Balaban J connectivity index is 1.48. The summed E-state index contributed by atoms with van der Waals surface area (Å²) in [5, 5.41) is 15.2. The normalized spacial score (nSPS) is 17.0. The van der Waals surface area contributed by atoms with Gasteiger partial charge in [-0.05, 0) is 31.1 Å². The van der Waals surface area contributed by atoms with Gasteiger partial charge in [0.15, 0.2) is 0 Å². The van der Waals surface area contributed by atoms with E-state index in [4.69, 9.17) is 4.74 Å². The van der Waals surface area contributed by atoms with Gasteiger partial charge < -0.3 is 14.5 Å². The molecular formula is C20H24N8O3. The third-order valence-electron chi connectivity index (χ3n) is 5.03. The quantitative estimate of drug-likeness (QED) is 0.405. The number of hydrogen-bond acceptors (Lipinski definition) is 10. The number of allylic oxidation sites excluding steroid dienone is 1. The van der Waals surface area contributed by atoms with Crippen LogP contribution in [0.1, 0.15) is 18.4 Å². The van der Waals surface area contributed by atoms with E-state index in [1.54, 1.807) is 30.4 Å². The molecule has 0 radical (unpaired) electrons. The summed E-state index contributed by atoms with van der Waals surface area (Å²) in [7, 11) is 0. The van der Waals surface area contributed by atoms with Gasteiger partial charge in [-0.1, -0.05) is 12.1 Å². The highest BCUT2D eigenvalue weighted by Crippen LogP contribution is 2.21. The van der Waals surface area contributed by atoms with Gasteiger partial charge in [-0.15, -0.1) is 0 Å². The first-order valence-electron chi connectivity index (χ1n) is 10.2. The van der Waals surface area contributed by atoms with E-state index in [0.29, 0.717) is 36.6 Å². The van der Waals surface area contributed by atoms with Crippen LogP contribution >= 0.6 is 0 Å². The van der Waals surface area contributed by atoms with E-state index >= 15 is 0 Å². The summed E-state index contributed by atoms with van der Waals surface area (Å²) in [5.41, 5.74) is 3.40. The molecular weight excluding hydrogens is 400 g/mol. The van der Waals surface area contributed by atoms with Crippen LogP contribution in [-0.2, 0) is 4.74 Å². The molecule has 0 spiro atoms. The second-order valence-electron chi connectivity index (χ2n) is 7.12. The van der Waals surface area contributed by atoms with E-state index < -0.39 is 4.92 Å². The van der Waals surface area contributed by atoms with Gasteiger partial charge in [-0.3, -0.25) is 10.1 Å². The summed E-state index contributed by atoms with van der Waals surface area (Å²) in [5.74, 6) is 1.60. The van der Waals surface area contributed by atoms with Gasteiger partial charge in [0, 0.05) is 38.5 Å². The summed E-state index contributed by atoms with van der Waals surface area (Å²) < 4.78 is 5.42. The molecule has 31 heavy (non-hydrogen) atoms. The maximum absolute atomic E-state index is 11.1. The molecule has 2 aliphatic rings. The summed E-state index contributed by atoms with van der Waals surface area (Å²) in [6, 6.07) is 6.53. The fourth-order valence-electron chi connectivity index (χ4n) is 3.45. The number of hydrogen-bond donors (Lipinski definition) is 1. The van der Waals surface area contributed by atoms with Crippen LogP contribution in [0.4, 0.5) is 23.5 Å². The Morgan fingerprint density at radius 1 is 1.03 bits per heavy atom. The lowest BCUT2D eigenvalue weighted by atomic mass is 10.2. The summed E-state index contributed by atoms with van der Waals surface area (Å²) in [6.45, 7) is 4.58. The average Bonchev–Trinajstić information content (AvgIpc) is 3.35. The topological polar surface area (TPSA) is 122 Å². The molecule has 0 unspecified atom stereocenters. The number of nitro benzene ring substituents is 1. The predicted octanol–water partition coefficient (Wildman–Crippen LogP) is 2.33. The molecule has 11 heteroatoms. The lowest BCUT2D eigenvalue weighted by molar-refractivity contribution is -0.385. The Kier molecular flexibility index (Phi) is 6.62. The molecule has 3 heterocycles. The highest BCUT2D eigenvalue weighted by molar-refractivity contribution is 5.80. The largest absolute Gasteiger partial charge is 0.378 e. The minimum atomic E-state index is -0.410. The van der Waals surface area contributed by atoms with Crippen LogP contribution in [0.2, 0.25) is 0 Å². The molecule has 4 rings (SSSR count). The van der Waals surface area contributed by atoms with E-state index in [0.717, 1.165) is 39.0 Å². The second kappa shape index (κ2) is 9.94. The number of anilines is 3. The molecule has 162 valence electrons. The molecule has 2 fully saturated rings. The fourth-order valence-corrected chi connectivity index (χ4v) is 3.45. The van der Waals surface area contributed by atoms with Crippen LogP contribution in [-0.4, -0.2) is 65.5 Å². The zero-order valence-electron chi connectivity index (χ0n) is 17.1. The van der Waals surface area contributed by atoms with Gasteiger partial charge in [0.25, 0.3) is 5.69 Å². The van der Waals surface area contributed by atoms with Gasteiger partial charge in [0.2, 0.25) is 17.8 Å². The molecule has 0 atom stereocenters. The highest BCUT2D eigenvalue weighted by atomic mass is 16.6. The number of aromatic nitrogens is 3. The van der Waals surface area contributed by atoms with Crippen molar-refractivity contribution in [1.29, 1.82) is 0 Å². The van der Waals surface area contributed by atoms with Crippen molar-refractivity contribution in [2.75, 3.05) is 54.6 Å². The van der Waals surface area contributed by atoms with Crippen molar-refractivity contribution in [2.24, 2.45) is 5.10 Å². The SMILES string of the molecule is O=[N+]([O-])c1ccccc1/C=C/C=N\Nc1nc(N2CCCC2)nc(N2CCOCC2)n1. The van der Waals surface area contributed by atoms with Crippen molar-refractivity contribution in [2.45, 2.75) is 12.8 Å². The van der Waals surface area contributed by atoms with Crippen molar-refractivity contribution in [3.8, 4) is 0 Å². The number of nitrogens with one attached hydrogen (secondary N) is 1. The Hall–Kier alpha value is -3.60. The standard InChI is InChI=1S/C20H24N8O3/c29-28(30)17-8-2-1-6-16(17)7-5-9-21-25-18-22-19(26-10-3-4-11-26)24-20(23-18)27-12-14-31-15-13-27/h1-2,5-9H,3-4,10-15H2,(H,22,23,24,25)/b7-5+,21-9-. The molecule has 0 aliphatic carbocycles. The maximum atomic E-state index is 11.1. The molecule has 2 saturated heterocycles. The first kappa shape index (κ1) is 20.7. The number of nitrogens with zero attached hydrogens (tertiary/aromatic N) is 7. The number of hydrazone groups is 1.